The van der Waals surface area contributed by atoms with Gasteiger partial charge in [0.15, 0.2) is 5.67 Å². The first-order chi connectivity index (χ1) is 9.05. The van der Waals surface area contributed by atoms with Crippen LogP contribution in [0.2, 0.25) is 0 Å². The molecule has 0 heterocycles. The van der Waals surface area contributed by atoms with E-state index in [4.69, 9.17) is 5.73 Å². The maximum Gasteiger partial charge on any atom is 0.152 e. The summed E-state index contributed by atoms with van der Waals surface area (Å²) in [6.45, 7) is -0.119. The van der Waals surface area contributed by atoms with Gasteiger partial charge in [-0.1, -0.05) is 36.4 Å². The van der Waals surface area contributed by atoms with Crippen LogP contribution in [0.4, 0.5) is 8.78 Å². The first-order valence-electron chi connectivity index (χ1n) is 5.93. The van der Waals surface area contributed by atoms with E-state index in [1.54, 1.807) is 36.4 Å². The summed E-state index contributed by atoms with van der Waals surface area (Å²) in [6, 6.07) is 13.3. The zero-order valence-electron chi connectivity index (χ0n) is 10.2. The zero-order chi connectivity index (χ0) is 13.9. The SMILES string of the molecule is NCC(F)(Cc1ccc(F)c(Br)c1)c1ccccc1. The van der Waals surface area contributed by atoms with E-state index >= 15 is 0 Å². The fraction of sp³-hybridized carbons (Fsp3) is 0.200. The van der Waals surface area contributed by atoms with Gasteiger partial charge in [-0.2, -0.15) is 0 Å². The Bertz CT molecular complexity index is 559. The molecule has 2 aromatic rings. The highest BCUT2D eigenvalue weighted by Crippen LogP contribution is 2.30. The average molecular weight is 326 g/mol. The molecular formula is C15H14BrF2N. The normalized spacial score (nSPS) is 14.1. The smallest absolute Gasteiger partial charge is 0.152 e. The van der Waals surface area contributed by atoms with Crippen LogP contribution in [0.5, 0.6) is 0 Å². The van der Waals surface area contributed by atoms with E-state index in [9.17, 15) is 8.78 Å². The van der Waals surface area contributed by atoms with E-state index in [0.29, 0.717) is 15.6 Å². The van der Waals surface area contributed by atoms with Crippen molar-refractivity contribution in [1.82, 2.24) is 0 Å². The molecule has 0 radical (unpaired) electrons. The lowest BCUT2D eigenvalue weighted by Crippen LogP contribution is -2.32. The molecule has 0 aliphatic carbocycles. The molecule has 0 aliphatic heterocycles. The topological polar surface area (TPSA) is 26.0 Å². The number of halogens is 3. The Morgan fingerprint density at radius 1 is 1.11 bits per heavy atom. The molecular weight excluding hydrogens is 312 g/mol. The molecule has 1 nitrogen and oxygen atoms in total. The quantitative estimate of drug-likeness (QED) is 0.904. The largest absolute Gasteiger partial charge is 0.327 e. The van der Waals surface area contributed by atoms with Gasteiger partial charge in [-0.3, -0.25) is 0 Å². The third kappa shape index (κ3) is 3.19. The monoisotopic (exact) mass is 325 g/mol. The molecule has 0 spiro atoms. The predicted octanol–water partition coefficient (Wildman–Crippen LogP) is 3.95. The van der Waals surface area contributed by atoms with Crippen molar-refractivity contribution in [2.24, 2.45) is 5.73 Å². The third-order valence-electron chi connectivity index (χ3n) is 3.08. The van der Waals surface area contributed by atoms with E-state index in [1.165, 1.54) is 6.07 Å². The van der Waals surface area contributed by atoms with Crippen molar-refractivity contribution in [3.8, 4) is 0 Å². The Morgan fingerprint density at radius 2 is 1.79 bits per heavy atom. The van der Waals surface area contributed by atoms with Crippen molar-refractivity contribution in [1.29, 1.82) is 0 Å². The lowest BCUT2D eigenvalue weighted by molar-refractivity contribution is 0.175. The fourth-order valence-electron chi connectivity index (χ4n) is 2.00. The highest BCUT2D eigenvalue weighted by atomic mass is 79.9. The second-order valence-electron chi connectivity index (χ2n) is 4.46. The standard InChI is InChI=1S/C15H14BrF2N/c16-13-8-11(6-7-14(13)17)9-15(18,10-19)12-4-2-1-3-5-12/h1-8H,9-10,19H2. The predicted molar refractivity (Wildman–Crippen MR) is 76.1 cm³/mol. The summed E-state index contributed by atoms with van der Waals surface area (Å²) in [4.78, 5) is 0. The van der Waals surface area contributed by atoms with E-state index in [2.05, 4.69) is 15.9 Å². The van der Waals surface area contributed by atoms with Gasteiger partial charge in [0.25, 0.3) is 0 Å². The average Bonchev–Trinajstić information content (AvgIpc) is 2.44. The van der Waals surface area contributed by atoms with E-state index in [1.807, 2.05) is 6.07 Å². The van der Waals surface area contributed by atoms with Crippen molar-refractivity contribution in [2.75, 3.05) is 6.54 Å². The summed E-state index contributed by atoms with van der Waals surface area (Å²) in [5.74, 6) is -0.360. The summed E-state index contributed by atoms with van der Waals surface area (Å²) >= 11 is 3.10. The first kappa shape index (κ1) is 14.2. The summed E-state index contributed by atoms with van der Waals surface area (Å²) in [7, 11) is 0. The molecule has 0 aromatic heterocycles. The summed E-state index contributed by atoms with van der Waals surface area (Å²) < 4.78 is 28.4. The second-order valence-corrected chi connectivity index (χ2v) is 5.32. The van der Waals surface area contributed by atoms with Crippen molar-refractivity contribution in [3.05, 3.63) is 69.9 Å². The van der Waals surface area contributed by atoms with Gasteiger partial charge in [-0.25, -0.2) is 8.78 Å². The van der Waals surface area contributed by atoms with Gasteiger partial charge < -0.3 is 5.73 Å². The summed E-state index contributed by atoms with van der Waals surface area (Å²) in [5.41, 5.74) is 5.19. The van der Waals surface area contributed by atoms with Crippen LogP contribution in [0.25, 0.3) is 0 Å². The Kier molecular flexibility index (Phi) is 4.32. The highest BCUT2D eigenvalue weighted by molar-refractivity contribution is 9.10. The summed E-state index contributed by atoms with van der Waals surface area (Å²) in [6.07, 6.45) is 0.117. The van der Waals surface area contributed by atoms with Crippen LogP contribution in [-0.2, 0) is 12.1 Å². The van der Waals surface area contributed by atoms with Gasteiger partial charge in [0.1, 0.15) is 5.82 Å². The van der Waals surface area contributed by atoms with Crippen LogP contribution in [-0.4, -0.2) is 6.54 Å². The molecule has 0 aliphatic rings. The van der Waals surface area contributed by atoms with Crippen LogP contribution in [0, 0.1) is 5.82 Å². The van der Waals surface area contributed by atoms with Gasteiger partial charge in [-0.05, 0) is 39.2 Å². The minimum absolute atomic E-state index is 0.117. The Labute approximate surface area is 119 Å². The van der Waals surface area contributed by atoms with Gasteiger partial charge in [0.2, 0.25) is 0 Å². The molecule has 100 valence electrons. The van der Waals surface area contributed by atoms with Crippen molar-refractivity contribution in [3.63, 3.8) is 0 Å². The Hall–Kier alpha value is -1.26. The van der Waals surface area contributed by atoms with E-state index in [0.717, 1.165) is 0 Å². The molecule has 1 atom stereocenters. The van der Waals surface area contributed by atoms with Crippen LogP contribution in [0.1, 0.15) is 11.1 Å². The minimum atomic E-state index is -1.64. The molecule has 2 rings (SSSR count). The van der Waals surface area contributed by atoms with Crippen LogP contribution in [0.15, 0.2) is 53.0 Å². The van der Waals surface area contributed by atoms with Crippen LogP contribution < -0.4 is 5.73 Å². The van der Waals surface area contributed by atoms with Gasteiger partial charge in [0, 0.05) is 13.0 Å². The first-order valence-corrected chi connectivity index (χ1v) is 6.73. The number of nitrogens with two attached hydrogens (primary N) is 1. The lowest BCUT2D eigenvalue weighted by atomic mass is 9.89. The van der Waals surface area contributed by atoms with Crippen molar-refractivity contribution in [2.45, 2.75) is 12.1 Å². The molecule has 0 amide bonds. The van der Waals surface area contributed by atoms with Crippen molar-refractivity contribution < 1.29 is 8.78 Å². The Balaban J connectivity index is 2.30. The van der Waals surface area contributed by atoms with E-state index in [-0.39, 0.29) is 18.8 Å². The van der Waals surface area contributed by atoms with Crippen molar-refractivity contribution >= 4 is 15.9 Å². The number of alkyl halides is 1. The third-order valence-corrected chi connectivity index (χ3v) is 3.69. The molecule has 1 unspecified atom stereocenters. The fourth-order valence-corrected chi connectivity index (χ4v) is 2.43. The number of benzene rings is 2. The lowest BCUT2D eigenvalue weighted by Gasteiger charge is -2.24. The zero-order valence-corrected chi connectivity index (χ0v) is 11.8. The minimum Gasteiger partial charge on any atom is -0.327 e. The number of hydrogen-bond donors (Lipinski definition) is 1. The molecule has 0 bridgehead atoms. The molecule has 4 heteroatoms. The Morgan fingerprint density at radius 3 is 2.37 bits per heavy atom. The van der Waals surface area contributed by atoms with E-state index < -0.39 is 5.67 Å². The molecule has 2 aromatic carbocycles. The number of hydrogen-bond acceptors (Lipinski definition) is 1. The molecule has 0 fully saturated rings. The highest BCUT2D eigenvalue weighted by Gasteiger charge is 2.30. The molecule has 0 saturated heterocycles. The number of rotatable bonds is 4. The second kappa shape index (κ2) is 5.80. The van der Waals surface area contributed by atoms with Crippen LogP contribution >= 0.6 is 15.9 Å². The van der Waals surface area contributed by atoms with Crippen LogP contribution in [0.3, 0.4) is 0 Å². The summed E-state index contributed by atoms with van der Waals surface area (Å²) in [5, 5.41) is 0. The maximum atomic E-state index is 14.9. The van der Waals surface area contributed by atoms with Gasteiger partial charge in [0.05, 0.1) is 4.47 Å². The maximum absolute atomic E-state index is 14.9. The molecule has 2 N–H and O–H groups in total. The van der Waals surface area contributed by atoms with Gasteiger partial charge in [-0.15, -0.1) is 0 Å². The molecule has 0 saturated carbocycles. The van der Waals surface area contributed by atoms with Gasteiger partial charge >= 0.3 is 0 Å². The molecule has 19 heavy (non-hydrogen) atoms.